The first-order valence-corrected chi connectivity index (χ1v) is 18.9. The van der Waals surface area contributed by atoms with Gasteiger partial charge in [-0.2, -0.15) is 0 Å². The Hall–Kier alpha value is -6.64. The molecule has 2 nitrogen and oxygen atoms in total. The summed E-state index contributed by atoms with van der Waals surface area (Å²) in [4.78, 5) is 2.51. The Balaban J connectivity index is 1.27. The number of rotatable bonds is 5. The second kappa shape index (κ2) is 11.4. The SMILES string of the molecule is Cc1cc2c3c4c1c1ccccc1n4-c1ccccc1-c1ccc(N(c4ccccc4)c4cc(-c5ccccc5)cc(-c5ccccc5)c4)c(c1-3)C2(C)C. The van der Waals surface area contributed by atoms with E-state index in [0.717, 1.165) is 11.4 Å². The van der Waals surface area contributed by atoms with Crippen molar-refractivity contribution in [1.29, 1.82) is 0 Å². The zero-order valence-corrected chi connectivity index (χ0v) is 30.6. The van der Waals surface area contributed by atoms with Gasteiger partial charge in [-0.05, 0) is 106 Å². The molecule has 1 aliphatic heterocycles. The van der Waals surface area contributed by atoms with E-state index in [-0.39, 0.29) is 5.41 Å². The van der Waals surface area contributed by atoms with Crippen LogP contribution in [-0.2, 0) is 5.41 Å². The highest BCUT2D eigenvalue weighted by molar-refractivity contribution is 6.20. The molecule has 9 aromatic rings. The minimum absolute atomic E-state index is 0.283. The Morgan fingerprint density at radius 1 is 0.500 bits per heavy atom. The Bertz CT molecular complexity index is 2890. The van der Waals surface area contributed by atoms with Crippen LogP contribution in [0, 0.1) is 6.92 Å². The number of anilines is 3. The van der Waals surface area contributed by atoms with E-state index in [9.17, 15) is 0 Å². The minimum atomic E-state index is -0.283. The molecule has 2 heterocycles. The molecule has 2 aliphatic rings. The third-order valence-corrected chi connectivity index (χ3v) is 11.9. The van der Waals surface area contributed by atoms with Crippen molar-refractivity contribution in [3.8, 4) is 50.2 Å². The quantitative estimate of drug-likeness (QED) is 0.175. The Morgan fingerprint density at radius 2 is 1.11 bits per heavy atom. The highest BCUT2D eigenvalue weighted by Gasteiger charge is 2.44. The van der Waals surface area contributed by atoms with Crippen LogP contribution in [0.5, 0.6) is 0 Å². The average Bonchev–Trinajstić information content (AvgIpc) is 3.64. The maximum Gasteiger partial charge on any atom is 0.0625 e. The van der Waals surface area contributed by atoms with Gasteiger partial charge < -0.3 is 9.47 Å². The summed E-state index contributed by atoms with van der Waals surface area (Å²) in [7, 11) is 0. The highest BCUT2D eigenvalue weighted by atomic mass is 15.1. The molecule has 0 fully saturated rings. The molecular formula is C52H38N2. The molecule has 0 bridgehead atoms. The molecule has 1 aliphatic carbocycles. The largest absolute Gasteiger partial charge is 0.310 e. The van der Waals surface area contributed by atoms with E-state index < -0.39 is 0 Å². The number of nitrogens with zero attached hydrogens (tertiary/aromatic N) is 2. The van der Waals surface area contributed by atoms with Crippen LogP contribution in [0.2, 0.25) is 0 Å². The second-order valence-corrected chi connectivity index (χ2v) is 15.4. The van der Waals surface area contributed by atoms with Crippen LogP contribution in [0.15, 0.2) is 176 Å². The van der Waals surface area contributed by atoms with Gasteiger partial charge in [0.2, 0.25) is 0 Å². The molecule has 0 spiro atoms. The number of para-hydroxylation sites is 3. The van der Waals surface area contributed by atoms with Crippen molar-refractivity contribution in [1.82, 2.24) is 4.57 Å². The standard InChI is InChI=1S/C52H38N2/c1-33-29-43-49-48-41(40-23-13-15-25-44(40)54-45-26-16-14-24-42(45)47(33)51(49)54)27-28-46(50(48)52(43,2)3)53(38-21-11-6-12-22-38)39-31-36(34-17-7-4-8-18-34)30-37(32-39)35-19-9-5-10-20-35/h4-32H,1-3H3. The van der Waals surface area contributed by atoms with Crippen LogP contribution in [0.25, 0.3) is 72.0 Å². The van der Waals surface area contributed by atoms with Crippen molar-refractivity contribution < 1.29 is 0 Å². The summed E-state index contributed by atoms with van der Waals surface area (Å²) in [5, 5.41) is 2.66. The average molecular weight is 691 g/mol. The van der Waals surface area contributed by atoms with Crippen molar-refractivity contribution in [2.24, 2.45) is 0 Å². The van der Waals surface area contributed by atoms with E-state index in [1.807, 2.05) is 0 Å². The van der Waals surface area contributed by atoms with E-state index >= 15 is 0 Å². The van der Waals surface area contributed by atoms with Gasteiger partial charge >= 0.3 is 0 Å². The van der Waals surface area contributed by atoms with E-state index in [2.05, 4.69) is 206 Å². The molecule has 0 N–H and O–H groups in total. The van der Waals surface area contributed by atoms with Gasteiger partial charge in [0.25, 0.3) is 0 Å². The summed E-state index contributed by atoms with van der Waals surface area (Å²) in [5.74, 6) is 0. The molecule has 0 unspecified atom stereocenters. The molecule has 0 radical (unpaired) electrons. The lowest BCUT2D eigenvalue weighted by Crippen LogP contribution is -2.21. The normalized spacial score (nSPS) is 13.2. The van der Waals surface area contributed by atoms with E-state index in [4.69, 9.17) is 0 Å². The second-order valence-electron chi connectivity index (χ2n) is 15.4. The molecule has 256 valence electrons. The van der Waals surface area contributed by atoms with E-state index in [1.165, 1.54) is 94.4 Å². The number of hydrogen-bond acceptors (Lipinski definition) is 1. The van der Waals surface area contributed by atoms with Crippen LogP contribution in [0.4, 0.5) is 17.1 Å². The molecule has 0 atom stereocenters. The fourth-order valence-corrected chi connectivity index (χ4v) is 9.63. The molecule has 8 aromatic carbocycles. The lowest BCUT2D eigenvalue weighted by molar-refractivity contribution is 0.660. The Labute approximate surface area is 316 Å². The Morgan fingerprint density at radius 3 is 1.81 bits per heavy atom. The fraction of sp³-hybridized carbons (Fsp3) is 0.0769. The zero-order valence-electron chi connectivity index (χ0n) is 30.6. The third-order valence-electron chi connectivity index (χ3n) is 11.9. The molecule has 1 aromatic heterocycles. The van der Waals surface area contributed by atoms with Gasteiger partial charge in [-0.3, -0.25) is 0 Å². The van der Waals surface area contributed by atoms with E-state index in [0.29, 0.717) is 0 Å². The lowest BCUT2D eigenvalue weighted by Gasteiger charge is -2.33. The Kier molecular flexibility index (Phi) is 6.55. The molecule has 54 heavy (non-hydrogen) atoms. The first kappa shape index (κ1) is 30.9. The summed E-state index contributed by atoms with van der Waals surface area (Å²) in [5.41, 5.74) is 21.2. The van der Waals surface area contributed by atoms with Crippen LogP contribution in [0.1, 0.15) is 30.5 Å². The zero-order chi connectivity index (χ0) is 36.1. The van der Waals surface area contributed by atoms with Crippen LogP contribution in [0.3, 0.4) is 0 Å². The number of aromatic nitrogens is 1. The molecule has 0 saturated carbocycles. The summed E-state index contributed by atoms with van der Waals surface area (Å²) >= 11 is 0. The topological polar surface area (TPSA) is 8.17 Å². The van der Waals surface area contributed by atoms with Crippen LogP contribution in [-0.4, -0.2) is 4.57 Å². The summed E-state index contributed by atoms with van der Waals surface area (Å²) in [6, 6.07) is 64.8. The predicted octanol–water partition coefficient (Wildman–Crippen LogP) is 14.2. The van der Waals surface area contributed by atoms with E-state index in [1.54, 1.807) is 0 Å². The minimum Gasteiger partial charge on any atom is -0.310 e. The monoisotopic (exact) mass is 690 g/mol. The molecular weight excluding hydrogens is 653 g/mol. The van der Waals surface area contributed by atoms with Crippen molar-refractivity contribution in [2.45, 2.75) is 26.2 Å². The summed E-state index contributed by atoms with van der Waals surface area (Å²) < 4.78 is 2.56. The molecule has 2 heteroatoms. The van der Waals surface area contributed by atoms with Crippen molar-refractivity contribution in [3.05, 3.63) is 193 Å². The number of benzene rings is 8. The number of hydrogen-bond donors (Lipinski definition) is 0. The highest BCUT2D eigenvalue weighted by Crippen LogP contribution is 2.61. The lowest BCUT2D eigenvalue weighted by atomic mass is 9.79. The predicted molar refractivity (Wildman–Crippen MR) is 228 cm³/mol. The molecule has 11 rings (SSSR count). The molecule has 0 amide bonds. The van der Waals surface area contributed by atoms with Gasteiger partial charge in [-0.25, -0.2) is 0 Å². The maximum atomic E-state index is 2.56. The molecule has 0 saturated heterocycles. The fourth-order valence-electron chi connectivity index (χ4n) is 9.63. The van der Waals surface area contributed by atoms with Crippen LogP contribution < -0.4 is 4.90 Å². The number of fused-ring (bicyclic) bond motifs is 6. The van der Waals surface area contributed by atoms with Crippen molar-refractivity contribution >= 4 is 38.9 Å². The first-order valence-electron chi connectivity index (χ1n) is 18.9. The smallest absolute Gasteiger partial charge is 0.0625 e. The van der Waals surface area contributed by atoms with Gasteiger partial charge in [0, 0.05) is 38.7 Å². The first-order chi connectivity index (χ1) is 26.5. The maximum absolute atomic E-state index is 2.56. The summed E-state index contributed by atoms with van der Waals surface area (Å²) in [6.45, 7) is 7.19. The van der Waals surface area contributed by atoms with Crippen LogP contribution >= 0.6 is 0 Å². The van der Waals surface area contributed by atoms with Crippen molar-refractivity contribution in [2.75, 3.05) is 4.90 Å². The van der Waals surface area contributed by atoms with Gasteiger partial charge in [0.05, 0.1) is 22.4 Å². The summed E-state index contributed by atoms with van der Waals surface area (Å²) in [6.07, 6.45) is 0. The number of aryl methyl sites for hydroxylation is 1. The van der Waals surface area contributed by atoms with Gasteiger partial charge in [0.15, 0.2) is 0 Å². The van der Waals surface area contributed by atoms with Crippen molar-refractivity contribution in [3.63, 3.8) is 0 Å². The van der Waals surface area contributed by atoms with Gasteiger partial charge in [0.1, 0.15) is 0 Å². The third kappa shape index (κ3) is 4.28. The van der Waals surface area contributed by atoms with Gasteiger partial charge in [-0.1, -0.05) is 141 Å². The van der Waals surface area contributed by atoms with Gasteiger partial charge in [-0.15, -0.1) is 0 Å².